The van der Waals surface area contributed by atoms with E-state index in [2.05, 4.69) is 15.0 Å². The molecule has 0 bridgehead atoms. The number of benzene rings is 1. The van der Waals surface area contributed by atoms with Gasteiger partial charge in [0.15, 0.2) is 0 Å². The van der Waals surface area contributed by atoms with Crippen LogP contribution >= 0.6 is 11.3 Å². The van der Waals surface area contributed by atoms with Crippen molar-refractivity contribution in [3.63, 3.8) is 0 Å². The Kier molecular flexibility index (Phi) is 3.95. The molecule has 0 saturated carbocycles. The smallest absolute Gasteiger partial charge is 0.263 e. The first kappa shape index (κ1) is 14.7. The number of amidine groups is 1. The van der Waals surface area contributed by atoms with Crippen molar-refractivity contribution in [2.24, 2.45) is 4.99 Å². The molecule has 2 N–H and O–H groups in total. The van der Waals surface area contributed by atoms with Gasteiger partial charge in [-0.15, -0.1) is 11.3 Å². The van der Waals surface area contributed by atoms with Gasteiger partial charge in [-0.3, -0.25) is 14.5 Å². The highest BCUT2D eigenvalue weighted by atomic mass is 32.2. The van der Waals surface area contributed by atoms with E-state index in [0.29, 0.717) is 12.1 Å². The molecule has 1 aliphatic heterocycles. The van der Waals surface area contributed by atoms with Gasteiger partial charge >= 0.3 is 0 Å². The molecule has 1 aliphatic rings. The van der Waals surface area contributed by atoms with Crippen molar-refractivity contribution in [2.75, 3.05) is 6.54 Å². The van der Waals surface area contributed by atoms with Gasteiger partial charge in [-0.1, -0.05) is 18.2 Å². The molecule has 6 nitrogen and oxygen atoms in total. The maximum Gasteiger partial charge on any atom is 0.263 e. The molecule has 0 atom stereocenters. The van der Waals surface area contributed by atoms with E-state index in [1.165, 1.54) is 6.07 Å². The van der Waals surface area contributed by atoms with Gasteiger partial charge in [0.2, 0.25) is 5.91 Å². The zero-order valence-corrected chi connectivity index (χ0v) is 13.1. The lowest BCUT2D eigenvalue weighted by atomic mass is 10.2. The highest BCUT2D eigenvalue weighted by Gasteiger charge is 2.30. The number of hydrogen-bond donors (Lipinski definition) is 2. The monoisotopic (exact) mass is 335 g/mol. The van der Waals surface area contributed by atoms with Crippen molar-refractivity contribution in [3.8, 4) is 0 Å². The normalized spacial score (nSPS) is 17.0. The minimum absolute atomic E-state index is 0.127. The van der Waals surface area contributed by atoms with Gasteiger partial charge < -0.3 is 5.32 Å². The number of amides is 1. The Balaban J connectivity index is 1.68. The number of carbonyl (C=O) groups excluding carboxylic acids is 1. The fourth-order valence-electron chi connectivity index (χ4n) is 2.06. The first-order valence-corrected chi connectivity index (χ1v) is 8.88. The van der Waals surface area contributed by atoms with E-state index in [-0.39, 0.29) is 23.2 Å². The van der Waals surface area contributed by atoms with E-state index in [1.54, 1.807) is 29.5 Å². The van der Waals surface area contributed by atoms with Crippen LogP contribution in [0.4, 0.5) is 0 Å². The fourth-order valence-corrected chi connectivity index (χ4v) is 3.95. The highest BCUT2D eigenvalue weighted by molar-refractivity contribution is 7.90. The molecule has 22 heavy (non-hydrogen) atoms. The number of carbonyl (C=O) groups is 1. The summed E-state index contributed by atoms with van der Waals surface area (Å²) in [6.45, 7) is 0.321. The summed E-state index contributed by atoms with van der Waals surface area (Å²) in [5.74, 6) is -0.0497. The summed E-state index contributed by atoms with van der Waals surface area (Å²) >= 11 is 1.56. The predicted octanol–water partition coefficient (Wildman–Crippen LogP) is 1.10. The van der Waals surface area contributed by atoms with Crippen molar-refractivity contribution in [1.29, 1.82) is 0 Å². The zero-order valence-electron chi connectivity index (χ0n) is 11.4. The van der Waals surface area contributed by atoms with E-state index in [9.17, 15) is 13.2 Å². The van der Waals surface area contributed by atoms with Crippen molar-refractivity contribution in [2.45, 2.75) is 11.4 Å². The third kappa shape index (κ3) is 3.02. The largest absolute Gasteiger partial charge is 0.350 e. The lowest BCUT2D eigenvalue weighted by Crippen LogP contribution is -2.27. The SMILES string of the molecule is O=C(CN=C1NS(=O)(=O)c2ccccc21)NCc1cccs1. The molecule has 1 aromatic carbocycles. The van der Waals surface area contributed by atoms with Crippen LogP contribution in [-0.2, 0) is 21.4 Å². The minimum Gasteiger partial charge on any atom is -0.350 e. The van der Waals surface area contributed by atoms with Gasteiger partial charge in [-0.2, -0.15) is 0 Å². The first-order chi connectivity index (χ1) is 10.6. The summed E-state index contributed by atoms with van der Waals surface area (Å²) in [5, 5.41) is 4.68. The molecule has 0 saturated heterocycles. The van der Waals surface area contributed by atoms with E-state index >= 15 is 0 Å². The van der Waals surface area contributed by atoms with Gasteiger partial charge in [-0.25, -0.2) is 8.42 Å². The topological polar surface area (TPSA) is 87.6 Å². The number of aliphatic imine (C=N–C) groups is 1. The van der Waals surface area contributed by atoms with Gasteiger partial charge in [0.25, 0.3) is 10.0 Å². The first-order valence-electron chi connectivity index (χ1n) is 6.52. The van der Waals surface area contributed by atoms with Gasteiger partial charge in [0.1, 0.15) is 12.4 Å². The Morgan fingerprint density at radius 1 is 1.23 bits per heavy atom. The second-order valence-corrected chi connectivity index (χ2v) is 7.31. The van der Waals surface area contributed by atoms with Gasteiger partial charge in [-0.05, 0) is 23.6 Å². The molecule has 1 aromatic heterocycles. The average Bonchev–Trinajstić information content (AvgIpc) is 3.10. The number of fused-ring (bicyclic) bond motifs is 1. The fraction of sp³-hybridized carbons (Fsp3) is 0.143. The summed E-state index contributed by atoms with van der Waals surface area (Å²) in [7, 11) is -3.56. The van der Waals surface area contributed by atoms with Crippen LogP contribution in [0.2, 0.25) is 0 Å². The second kappa shape index (κ2) is 5.90. The number of nitrogens with zero attached hydrogens (tertiary/aromatic N) is 1. The molecule has 0 radical (unpaired) electrons. The third-order valence-electron chi connectivity index (χ3n) is 3.08. The molecule has 0 fully saturated rings. The van der Waals surface area contributed by atoms with Gasteiger partial charge in [0, 0.05) is 10.4 Å². The second-order valence-electron chi connectivity index (χ2n) is 4.62. The van der Waals surface area contributed by atoms with E-state index in [1.807, 2.05) is 17.5 Å². The summed E-state index contributed by atoms with van der Waals surface area (Å²) in [6, 6.07) is 10.4. The molecule has 2 heterocycles. The number of thiophene rings is 1. The van der Waals surface area contributed by atoms with E-state index < -0.39 is 10.0 Å². The maximum atomic E-state index is 11.9. The van der Waals surface area contributed by atoms with Gasteiger partial charge in [0.05, 0.1) is 11.4 Å². The third-order valence-corrected chi connectivity index (χ3v) is 5.36. The minimum atomic E-state index is -3.56. The molecule has 3 rings (SSSR count). The highest BCUT2D eigenvalue weighted by Crippen LogP contribution is 2.21. The molecule has 0 aliphatic carbocycles. The predicted molar refractivity (Wildman–Crippen MR) is 84.3 cm³/mol. The Bertz CT molecular complexity index is 827. The Labute approximate surface area is 132 Å². The van der Waals surface area contributed by atoms with Crippen molar-refractivity contribution >= 4 is 33.1 Å². The Morgan fingerprint density at radius 3 is 2.82 bits per heavy atom. The van der Waals surface area contributed by atoms with Crippen LogP contribution in [0.15, 0.2) is 51.7 Å². The zero-order chi connectivity index (χ0) is 15.6. The molecule has 8 heteroatoms. The van der Waals surface area contributed by atoms with Crippen molar-refractivity contribution < 1.29 is 13.2 Å². The van der Waals surface area contributed by atoms with E-state index in [4.69, 9.17) is 0 Å². The van der Waals surface area contributed by atoms with Crippen LogP contribution in [0.25, 0.3) is 0 Å². The summed E-state index contributed by atoms with van der Waals surface area (Å²) in [6.07, 6.45) is 0. The van der Waals surface area contributed by atoms with E-state index in [0.717, 1.165) is 4.88 Å². The van der Waals surface area contributed by atoms with Crippen LogP contribution < -0.4 is 10.0 Å². The number of sulfonamides is 1. The number of nitrogens with one attached hydrogen (secondary N) is 2. The molecular formula is C14H13N3O3S2. The molecule has 0 spiro atoms. The van der Waals surface area contributed by atoms with Crippen LogP contribution in [0.3, 0.4) is 0 Å². The van der Waals surface area contributed by atoms with Crippen molar-refractivity contribution in [3.05, 3.63) is 52.2 Å². The standard InChI is InChI=1S/C14H13N3O3S2/c18-13(15-8-10-4-3-7-21-10)9-16-14-11-5-1-2-6-12(11)22(19,20)17-14/h1-7H,8-9H2,(H,15,18)(H,16,17). The lowest BCUT2D eigenvalue weighted by molar-refractivity contribution is -0.119. The van der Waals surface area contributed by atoms with Crippen LogP contribution in [-0.4, -0.2) is 26.7 Å². The lowest BCUT2D eigenvalue weighted by Gasteiger charge is -2.02. The number of hydrogen-bond acceptors (Lipinski definition) is 5. The molecule has 1 amide bonds. The van der Waals surface area contributed by atoms with Crippen LogP contribution in [0.1, 0.15) is 10.4 Å². The average molecular weight is 335 g/mol. The van der Waals surface area contributed by atoms with Crippen LogP contribution in [0.5, 0.6) is 0 Å². The molecule has 114 valence electrons. The summed E-state index contributed by atoms with van der Waals surface area (Å²) in [4.78, 5) is 17.1. The van der Waals surface area contributed by atoms with Crippen molar-refractivity contribution in [1.82, 2.24) is 10.0 Å². The summed E-state index contributed by atoms with van der Waals surface area (Å²) < 4.78 is 26.2. The Morgan fingerprint density at radius 2 is 2.05 bits per heavy atom. The molecule has 2 aromatic rings. The number of rotatable bonds is 4. The maximum absolute atomic E-state index is 11.9. The molecule has 0 unspecified atom stereocenters. The Hall–Kier alpha value is -2.19. The summed E-state index contributed by atoms with van der Waals surface area (Å²) in [5.41, 5.74) is 0.494. The quantitative estimate of drug-likeness (QED) is 0.877. The molecular weight excluding hydrogens is 322 g/mol. The van der Waals surface area contributed by atoms with Crippen LogP contribution in [0, 0.1) is 0 Å².